The lowest BCUT2D eigenvalue weighted by Gasteiger charge is -2.35. The Balaban J connectivity index is 2.97. The van der Waals surface area contributed by atoms with Gasteiger partial charge in [-0.3, -0.25) is 18.9 Å². The first kappa shape index (κ1) is 20.3. The van der Waals surface area contributed by atoms with Gasteiger partial charge in [-0.1, -0.05) is 0 Å². The molecule has 0 aromatic carbocycles. The summed E-state index contributed by atoms with van der Waals surface area (Å²) in [5.41, 5.74) is -4.42. The van der Waals surface area contributed by atoms with Gasteiger partial charge in [0, 0.05) is 12.3 Å². The molecule has 13 heteroatoms. The third kappa shape index (κ3) is 5.39. The summed E-state index contributed by atoms with van der Waals surface area (Å²) in [7, 11) is 0. The predicted octanol–water partition coefficient (Wildman–Crippen LogP) is 0.0798. The molecule has 0 aliphatic heterocycles. The van der Waals surface area contributed by atoms with Crippen LogP contribution in [0.25, 0.3) is 0 Å². The van der Waals surface area contributed by atoms with Gasteiger partial charge in [-0.15, -0.1) is 0 Å². The topological polar surface area (TPSA) is 142 Å². The van der Waals surface area contributed by atoms with E-state index < -0.39 is 48.0 Å². The molecule has 0 aliphatic rings. The number of nitrogens with one attached hydrogen (secondary N) is 1. The first-order valence-corrected chi connectivity index (χ1v) is 9.47. The number of alkyl halides is 1. The molecule has 9 nitrogen and oxygen atoms in total. The van der Waals surface area contributed by atoms with E-state index in [0.717, 1.165) is 19.2 Å². The number of aliphatic hydroxyl groups excluding tert-OH is 2. The van der Waals surface area contributed by atoms with Gasteiger partial charge in [-0.05, 0) is 29.4 Å². The number of aromatic amines is 1. The number of aromatic nitrogens is 2. The maximum absolute atomic E-state index is 13.8. The molecular formula is C10H14Cl2FN2O7P. The Bertz CT molecular complexity index is 703. The molecule has 4 N–H and O–H groups in total. The van der Waals surface area contributed by atoms with Crippen molar-refractivity contribution in [2.45, 2.75) is 31.0 Å². The largest absolute Gasteiger partial charge is 0.387 e. The fourth-order valence-electron chi connectivity index (χ4n) is 1.67. The van der Waals surface area contributed by atoms with Crippen LogP contribution in [-0.2, 0) is 9.09 Å². The van der Waals surface area contributed by atoms with Gasteiger partial charge in [0.05, 0.1) is 6.61 Å². The third-order valence-electron chi connectivity index (χ3n) is 2.96. The molecule has 1 heterocycles. The maximum atomic E-state index is 13.8. The molecule has 0 amide bonds. The Labute approximate surface area is 138 Å². The lowest BCUT2D eigenvalue weighted by molar-refractivity contribution is -0.183. The molecule has 0 spiro atoms. The van der Waals surface area contributed by atoms with Crippen LogP contribution in [0.3, 0.4) is 0 Å². The number of hydrogen-bond donors (Lipinski definition) is 4. The molecule has 1 aromatic rings. The zero-order chi connectivity index (χ0) is 18.0. The minimum absolute atomic E-state index is 0.478. The van der Waals surface area contributed by atoms with Crippen LogP contribution < -0.4 is 11.2 Å². The maximum Gasteiger partial charge on any atom is 0.380 e. The average Bonchev–Trinajstić information content (AvgIpc) is 2.42. The van der Waals surface area contributed by atoms with E-state index in [4.69, 9.17) is 22.5 Å². The average molecular weight is 395 g/mol. The van der Waals surface area contributed by atoms with E-state index in [2.05, 4.69) is 4.52 Å². The normalized spacial score (nSPS) is 18.9. The van der Waals surface area contributed by atoms with Gasteiger partial charge in [0.2, 0.25) is 0 Å². The lowest BCUT2D eigenvalue weighted by atomic mass is 9.93. The third-order valence-corrected chi connectivity index (χ3v) is 4.00. The second-order valence-electron chi connectivity index (χ2n) is 4.79. The molecular weight excluding hydrogens is 381 g/mol. The van der Waals surface area contributed by atoms with Gasteiger partial charge in [0.15, 0.2) is 12.4 Å². The highest BCUT2D eigenvalue weighted by Crippen LogP contribution is 2.57. The van der Waals surface area contributed by atoms with Crippen LogP contribution in [0.1, 0.15) is 13.2 Å². The zero-order valence-electron chi connectivity index (χ0n) is 11.6. The molecule has 1 rings (SSSR count). The smallest absolute Gasteiger partial charge is 0.380 e. The van der Waals surface area contributed by atoms with E-state index in [0.29, 0.717) is 4.57 Å². The Morgan fingerprint density at radius 3 is 2.52 bits per heavy atom. The van der Waals surface area contributed by atoms with Gasteiger partial charge >= 0.3 is 11.8 Å². The van der Waals surface area contributed by atoms with Crippen molar-refractivity contribution in [1.29, 1.82) is 0 Å². The molecule has 0 aliphatic carbocycles. The van der Waals surface area contributed by atoms with Crippen molar-refractivity contribution >= 4 is 28.6 Å². The highest BCUT2D eigenvalue weighted by molar-refractivity contribution is 8.05. The summed E-state index contributed by atoms with van der Waals surface area (Å²) in [6, 6.07) is 0.875. The number of aliphatic hydroxyl groups is 3. The Kier molecular flexibility index (Phi) is 6.56. The highest BCUT2D eigenvalue weighted by Gasteiger charge is 2.44. The van der Waals surface area contributed by atoms with Gasteiger partial charge in [0.25, 0.3) is 5.56 Å². The molecule has 4 atom stereocenters. The zero-order valence-corrected chi connectivity index (χ0v) is 14.0. The standard InChI is InChI=1S/C10H14Cl2FN2O7P/c1-10(20,7(17)5(13)4-22-23(11,12)21)8(18)15-3-2-6(16)14-9(15)19/h2-3,5,7-8,17-18,20H,4H2,1H3,(H,14,16,19)/t5-,7+,8+,10+/m0/s1. The van der Waals surface area contributed by atoms with Crippen LogP contribution in [0.15, 0.2) is 21.9 Å². The van der Waals surface area contributed by atoms with Crippen LogP contribution in [0.5, 0.6) is 0 Å². The van der Waals surface area contributed by atoms with Crippen molar-refractivity contribution in [2.75, 3.05) is 6.61 Å². The van der Waals surface area contributed by atoms with E-state index in [9.17, 15) is 33.9 Å². The minimum atomic E-state index is -4.05. The van der Waals surface area contributed by atoms with E-state index in [1.165, 1.54) is 0 Å². The van der Waals surface area contributed by atoms with Crippen molar-refractivity contribution in [3.63, 3.8) is 0 Å². The molecule has 0 unspecified atom stereocenters. The first-order chi connectivity index (χ1) is 10.4. The summed E-state index contributed by atoms with van der Waals surface area (Å²) < 4.78 is 29.5. The van der Waals surface area contributed by atoms with Crippen molar-refractivity contribution in [3.05, 3.63) is 33.1 Å². The van der Waals surface area contributed by atoms with Gasteiger partial charge in [-0.2, -0.15) is 0 Å². The van der Waals surface area contributed by atoms with Crippen molar-refractivity contribution in [1.82, 2.24) is 9.55 Å². The molecule has 0 fully saturated rings. The van der Waals surface area contributed by atoms with E-state index in [1.54, 1.807) is 0 Å². The fourth-order valence-corrected chi connectivity index (χ4v) is 2.32. The molecule has 132 valence electrons. The number of rotatable bonds is 7. The number of halogens is 3. The number of nitrogens with zero attached hydrogens (tertiary/aromatic N) is 1. The van der Waals surface area contributed by atoms with Gasteiger partial charge in [-0.25, -0.2) is 9.18 Å². The molecule has 23 heavy (non-hydrogen) atoms. The molecule has 0 saturated heterocycles. The van der Waals surface area contributed by atoms with Gasteiger partial charge in [0.1, 0.15) is 11.7 Å². The summed E-state index contributed by atoms with van der Waals surface area (Å²) >= 11 is 10.1. The fraction of sp³-hybridized carbons (Fsp3) is 0.600. The summed E-state index contributed by atoms with van der Waals surface area (Å²) in [6.45, 7) is -0.192. The van der Waals surface area contributed by atoms with E-state index >= 15 is 0 Å². The van der Waals surface area contributed by atoms with Crippen LogP contribution in [0, 0.1) is 0 Å². The summed E-state index contributed by atoms with van der Waals surface area (Å²) in [6.07, 6.45) is -9.93. The van der Waals surface area contributed by atoms with E-state index in [1.807, 2.05) is 4.98 Å². The second-order valence-corrected chi connectivity index (χ2v) is 9.06. The first-order valence-electron chi connectivity index (χ1n) is 6.04. The van der Waals surface area contributed by atoms with Crippen molar-refractivity contribution in [3.8, 4) is 0 Å². The van der Waals surface area contributed by atoms with Gasteiger partial charge < -0.3 is 19.8 Å². The van der Waals surface area contributed by atoms with Crippen molar-refractivity contribution < 1.29 is 28.8 Å². The number of H-pyrrole nitrogens is 1. The second kappa shape index (κ2) is 7.43. The highest BCUT2D eigenvalue weighted by atomic mass is 35.9. The predicted molar refractivity (Wildman–Crippen MR) is 79.4 cm³/mol. The van der Waals surface area contributed by atoms with E-state index in [-0.39, 0.29) is 0 Å². The molecule has 0 bridgehead atoms. The minimum Gasteiger partial charge on any atom is -0.387 e. The Hall–Kier alpha value is -0.740. The van der Waals surface area contributed by atoms with Crippen LogP contribution in [0.2, 0.25) is 0 Å². The monoisotopic (exact) mass is 394 g/mol. The van der Waals surface area contributed by atoms with Crippen LogP contribution in [0.4, 0.5) is 4.39 Å². The Morgan fingerprint density at radius 2 is 2.04 bits per heavy atom. The SMILES string of the molecule is C[C@@](O)([C@H](O)[C@@H](F)COP(=O)(Cl)Cl)[C@@H](O)n1ccc(=O)[nH]c1=O. The van der Waals surface area contributed by atoms with Crippen LogP contribution in [-0.4, -0.2) is 49.4 Å². The summed E-state index contributed by atoms with van der Waals surface area (Å²) in [5.74, 6) is 0. The van der Waals surface area contributed by atoms with Crippen molar-refractivity contribution in [2.24, 2.45) is 0 Å². The lowest BCUT2D eigenvalue weighted by Crippen LogP contribution is -2.54. The molecule has 0 saturated carbocycles. The van der Waals surface area contributed by atoms with Crippen LogP contribution >= 0.6 is 28.6 Å². The quantitative estimate of drug-likeness (QED) is 0.479. The number of hydrogen-bond acceptors (Lipinski definition) is 7. The summed E-state index contributed by atoms with van der Waals surface area (Å²) in [4.78, 5) is 24.3. The molecule has 0 radical (unpaired) electrons. The molecule has 1 aromatic heterocycles. The Morgan fingerprint density at radius 1 is 1.48 bits per heavy atom. The summed E-state index contributed by atoms with van der Waals surface area (Å²) in [5, 5.41) is 29.9.